The molecule has 1 saturated heterocycles. The Morgan fingerprint density at radius 1 is 1.17 bits per heavy atom. The van der Waals surface area contributed by atoms with Crippen LogP contribution >= 0.6 is 11.3 Å². The molecule has 1 aliphatic heterocycles. The zero-order chi connectivity index (χ0) is 15.6. The van der Waals surface area contributed by atoms with Gasteiger partial charge in [0.05, 0.1) is 18.5 Å². The highest BCUT2D eigenvalue weighted by Crippen LogP contribution is 2.35. The quantitative estimate of drug-likeness (QED) is 0.855. The first kappa shape index (κ1) is 15.3. The lowest BCUT2D eigenvalue weighted by molar-refractivity contribution is -0.152. The van der Waals surface area contributed by atoms with Crippen LogP contribution in [0.25, 0.3) is 10.8 Å². The number of aryl methyl sites for hydroxylation is 2. The third kappa shape index (κ3) is 3.33. The number of piperazine rings is 1. The van der Waals surface area contributed by atoms with E-state index in [2.05, 4.69) is 21.2 Å². The van der Waals surface area contributed by atoms with E-state index in [0.29, 0.717) is 11.8 Å². The highest BCUT2D eigenvalue weighted by molar-refractivity contribution is 7.15. The van der Waals surface area contributed by atoms with Crippen molar-refractivity contribution in [3.63, 3.8) is 0 Å². The SMILES string of the molecule is CON1CCN(Cc2nnc(-c3cc4c(s3)CCCC4)o2)CC1. The minimum Gasteiger partial charge on any atom is -0.419 e. The van der Waals surface area contributed by atoms with Gasteiger partial charge in [0.15, 0.2) is 0 Å². The lowest BCUT2D eigenvalue weighted by Crippen LogP contribution is -2.45. The summed E-state index contributed by atoms with van der Waals surface area (Å²) in [6, 6.07) is 2.24. The van der Waals surface area contributed by atoms with E-state index in [0.717, 1.165) is 37.6 Å². The Morgan fingerprint density at radius 3 is 2.78 bits per heavy atom. The molecule has 124 valence electrons. The van der Waals surface area contributed by atoms with E-state index in [9.17, 15) is 0 Å². The number of hydroxylamine groups is 2. The van der Waals surface area contributed by atoms with Crippen LogP contribution in [0.2, 0.25) is 0 Å². The van der Waals surface area contributed by atoms with Crippen molar-refractivity contribution in [2.75, 3.05) is 33.3 Å². The Balaban J connectivity index is 1.42. The summed E-state index contributed by atoms with van der Waals surface area (Å²) in [5.41, 5.74) is 1.48. The van der Waals surface area contributed by atoms with Gasteiger partial charge in [0.2, 0.25) is 5.89 Å². The van der Waals surface area contributed by atoms with Crippen molar-refractivity contribution in [3.05, 3.63) is 22.4 Å². The standard InChI is InChI=1S/C16H22N4O2S/c1-21-20-8-6-19(7-9-20)11-15-17-18-16(22-15)14-10-12-4-2-3-5-13(12)23-14/h10H,2-9,11H2,1H3. The second-order valence-corrected chi connectivity index (χ2v) is 7.29. The zero-order valence-corrected chi connectivity index (χ0v) is 14.3. The fraction of sp³-hybridized carbons (Fsp3) is 0.625. The van der Waals surface area contributed by atoms with Crippen LogP contribution in [0, 0.1) is 0 Å². The molecule has 2 aliphatic rings. The average Bonchev–Trinajstić information content (AvgIpc) is 3.21. The molecule has 2 aromatic rings. The van der Waals surface area contributed by atoms with Crippen LogP contribution in [0.3, 0.4) is 0 Å². The first-order valence-corrected chi connectivity index (χ1v) is 9.09. The van der Waals surface area contributed by atoms with Crippen LogP contribution in [0.4, 0.5) is 0 Å². The van der Waals surface area contributed by atoms with E-state index >= 15 is 0 Å². The van der Waals surface area contributed by atoms with Gasteiger partial charge in [-0.2, -0.15) is 5.06 Å². The molecule has 0 aromatic carbocycles. The van der Waals surface area contributed by atoms with Crippen LogP contribution in [0.15, 0.2) is 10.5 Å². The fourth-order valence-corrected chi connectivity index (χ4v) is 4.45. The number of rotatable bonds is 4. The normalized spacial score (nSPS) is 19.9. The van der Waals surface area contributed by atoms with Gasteiger partial charge in [-0.15, -0.1) is 21.5 Å². The summed E-state index contributed by atoms with van der Waals surface area (Å²) in [4.78, 5) is 10.2. The Hall–Kier alpha value is -1.28. The highest BCUT2D eigenvalue weighted by atomic mass is 32.1. The number of hydrogen-bond donors (Lipinski definition) is 0. The van der Waals surface area contributed by atoms with Crippen LogP contribution in [-0.2, 0) is 24.2 Å². The molecule has 0 spiro atoms. The van der Waals surface area contributed by atoms with Crippen LogP contribution in [0.1, 0.15) is 29.2 Å². The summed E-state index contributed by atoms with van der Waals surface area (Å²) in [7, 11) is 1.72. The summed E-state index contributed by atoms with van der Waals surface area (Å²) in [6.07, 6.45) is 4.99. The average molecular weight is 334 g/mol. The molecule has 2 aromatic heterocycles. The number of thiophene rings is 1. The predicted molar refractivity (Wildman–Crippen MR) is 88.1 cm³/mol. The maximum absolute atomic E-state index is 5.91. The summed E-state index contributed by atoms with van der Waals surface area (Å²) >= 11 is 1.82. The molecule has 3 heterocycles. The van der Waals surface area contributed by atoms with Gasteiger partial charge >= 0.3 is 0 Å². The summed E-state index contributed by atoms with van der Waals surface area (Å²) < 4.78 is 5.91. The number of hydrogen-bond acceptors (Lipinski definition) is 7. The predicted octanol–water partition coefficient (Wildman–Crippen LogP) is 2.36. The number of fused-ring (bicyclic) bond motifs is 1. The third-order valence-electron chi connectivity index (χ3n) is 4.62. The molecule has 7 heteroatoms. The second-order valence-electron chi connectivity index (χ2n) is 6.15. The van der Waals surface area contributed by atoms with Gasteiger partial charge in [0, 0.05) is 31.1 Å². The number of nitrogens with zero attached hydrogens (tertiary/aromatic N) is 4. The maximum Gasteiger partial charge on any atom is 0.257 e. The Morgan fingerprint density at radius 2 is 2.00 bits per heavy atom. The molecule has 4 rings (SSSR count). The monoisotopic (exact) mass is 334 g/mol. The molecule has 0 bridgehead atoms. The van der Waals surface area contributed by atoms with Crippen molar-refractivity contribution in [2.45, 2.75) is 32.2 Å². The van der Waals surface area contributed by atoms with Gasteiger partial charge in [-0.25, -0.2) is 0 Å². The van der Waals surface area contributed by atoms with Gasteiger partial charge in [0.1, 0.15) is 0 Å². The third-order valence-corrected chi connectivity index (χ3v) is 5.85. The zero-order valence-electron chi connectivity index (χ0n) is 13.5. The Labute approximate surface area is 140 Å². The van der Waals surface area contributed by atoms with Gasteiger partial charge in [-0.05, 0) is 37.3 Å². The van der Waals surface area contributed by atoms with Crippen LogP contribution < -0.4 is 0 Å². The summed E-state index contributed by atoms with van der Waals surface area (Å²) in [5, 5.41) is 10.5. The molecule has 23 heavy (non-hydrogen) atoms. The van der Waals surface area contributed by atoms with E-state index in [1.54, 1.807) is 7.11 Å². The molecule has 1 fully saturated rings. The Bertz CT molecular complexity index is 637. The van der Waals surface area contributed by atoms with E-state index < -0.39 is 0 Å². The lowest BCUT2D eigenvalue weighted by atomic mass is 9.99. The van der Waals surface area contributed by atoms with Crippen LogP contribution in [-0.4, -0.2) is 53.4 Å². The molecule has 0 N–H and O–H groups in total. The smallest absolute Gasteiger partial charge is 0.257 e. The first-order valence-electron chi connectivity index (χ1n) is 8.27. The highest BCUT2D eigenvalue weighted by Gasteiger charge is 2.21. The van der Waals surface area contributed by atoms with Gasteiger partial charge < -0.3 is 9.25 Å². The van der Waals surface area contributed by atoms with Crippen molar-refractivity contribution in [3.8, 4) is 10.8 Å². The minimum atomic E-state index is 0.676. The van der Waals surface area contributed by atoms with Gasteiger partial charge in [-0.1, -0.05) is 0 Å². The molecule has 0 radical (unpaired) electrons. The molecule has 0 saturated carbocycles. The summed E-state index contributed by atoms with van der Waals surface area (Å²) in [6.45, 7) is 4.46. The van der Waals surface area contributed by atoms with E-state index in [1.807, 2.05) is 16.4 Å². The summed E-state index contributed by atoms with van der Waals surface area (Å²) in [5.74, 6) is 1.38. The molecule has 0 atom stereocenters. The topological polar surface area (TPSA) is 54.6 Å². The second kappa shape index (κ2) is 6.68. The molecule has 0 unspecified atom stereocenters. The maximum atomic E-state index is 5.91. The van der Waals surface area contributed by atoms with E-state index in [1.165, 1.54) is 36.1 Å². The molecular formula is C16H22N4O2S. The molecule has 0 amide bonds. The molecule has 1 aliphatic carbocycles. The fourth-order valence-electron chi connectivity index (χ4n) is 3.27. The van der Waals surface area contributed by atoms with Crippen molar-refractivity contribution in [1.29, 1.82) is 0 Å². The minimum absolute atomic E-state index is 0.676. The van der Waals surface area contributed by atoms with Crippen molar-refractivity contribution in [1.82, 2.24) is 20.2 Å². The lowest BCUT2D eigenvalue weighted by Gasteiger charge is -2.32. The first-order chi connectivity index (χ1) is 11.3. The Kier molecular flexibility index (Phi) is 4.43. The molecule has 6 nitrogen and oxygen atoms in total. The van der Waals surface area contributed by atoms with E-state index in [4.69, 9.17) is 9.25 Å². The molecular weight excluding hydrogens is 312 g/mol. The van der Waals surface area contributed by atoms with Crippen molar-refractivity contribution >= 4 is 11.3 Å². The van der Waals surface area contributed by atoms with E-state index in [-0.39, 0.29) is 0 Å². The van der Waals surface area contributed by atoms with Gasteiger partial charge in [0.25, 0.3) is 5.89 Å². The van der Waals surface area contributed by atoms with Gasteiger partial charge in [-0.3, -0.25) is 4.90 Å². The van der Waals surface area contributed by atoms with Crippen molar-refractivity contribution < 1.29 is 9.25 Å². The largest absolute Gasteiger partial charge is 0.419 e. The van der Waals surface area contributed by atoms with Crippen LogP contribution in [0.5, 0.6) is 0 Å². The van der Waals surface area contributed by atoms with Crippen molar-refractivity contribution in [2.24, 2.45) is 0 Å². The number of aromatic nitrogens is 2.